The van der Waals surface area contributed by atoms with E-state index in [9.17, 15) is 14.0 Å². The maximum atomic E-state index is 13.5. The lowest BCUT2D eigenvalue weighted by atomic mass is 10.3. The number of amides is 2. The second-order valence-electron chi connectivity index (χ2n) is 5.89. The number of rotatable bonds is 6. The molecule has 0 spiro atoms. The number of fused-ring (bicyclic) bond motifs is 1. The monoisotopic (exact) mass is 409 g/mol. The lowest BCUT2D eigenvalue weighted by Crippen LogP contribution is -2.41. The summed E-state index contributed by atoms with van der Waals surface area (Å²) in [5, 5.41) is 0. The number of hydrogen-bond acceptors (Lipinski definition) is 5. The van der Waals surface area contributed by atoms with Gasteiger partial charge in [-0.1, -0.05) is 17.4 Å². The van der Waals surface area contributed by atoms with Gasteiger partial charge in [-0.15, -0.1) is 18.3 Å². The Kier molecular flexibility index (Phi) is 6.81. The number of hydrogen-bond donors (Lipinski definition) is 0. The predicted octanol–water partition coefficient (Wildman–Crippen LogP) is 2.05. The van der Waals surface area contributed by atoms with Crippen LogP contribution in [0.4, 0.5) is 4.39 Å². The summed E-state index contributed by atoms with van der Waals surface area (Å²) in [6, 6.07) is 4.48. The van der Waals surface area contributed by atoms with Crippen LogP contribution >= 0.6 is 23.1 Å². The predicted molar refractivity (Wildman–Crippen MR) is 105 cm³/mol. The molecule has 2 aromatic rings. The minimum atomic E-state index is -0.329. The van der Waals surface area contributed by atoms with E-state index >= 15 is 0 Å². The zero-order valence-corrected chi connectivity index (χ0v) is 16.4. The van der Waals surface area contributed by atoms with Crippen molar-refractivity contribution in [1.82, 2.24) is 9.47 Å². The van der Waals surface area contributed by atoms with Crippen molar-refractivity contribution in [3.05, 3.63) is 41.5 Å². The van der Waals surface area contributed by atoms with Crippen LogP contribution in [0.25, 0.3) is 10.2 Å². The number of nitrogens with zero attached hydrogens (tertiary/aromatic N) is 3. The van der Waals surface area contributed by atoms with Crippen LogP contribution in [0.1, 0.15) is 0 Å². The third kappa shape index (κ3) is 5.06. The van der Waals surface area contributed by atoms with Crippen LogP contribution < -0.4 is 4.80 Å². The fourth-order valence-electron chi connectivity index (χ4n) is 2.71. The molecule has 27 heavy (non-hydrogen) atoms. The van der Waals surface area contributed by atoms with E-state index in [0.717, 1.165) is 10.2 Å². The van der Waals surface area contributed by atoms with Gasteiger partial charge in [-0.2, -0.15) is 4.99 Å². The van der Waals surface area contributed by atoms with Crippen molar-refractivity contribution in [2.75, 3.05) is 37.8 Å². The zero-order chi connectivity index (χ0) is 19.2. The van der Waals surface area contributed by atoms with Gasteiger partial charge in [0.15, 0.2) is 4.80 Å². The Bertz CT molecular complexity index is 916. The molecule has 0 radical (unpaired) electrons. The van der Waals surface area contributed by atoms with Crippen LogP contribution in [0, 0.1) is 5.82 Å². The Balaban J connectivity index is 1.66. The molecule has 2 heterocycles. The summed E-state index contributed by atoms with van der Waals surface area (Å²) >= 11 is 2.51. The summed E-state index contributed by atoms with van der Waals surface area (Å²) in [5.41, 5.74) is 0.808. The molecule has 1 aromatic carbocycles. The molecule has 144 valence electrons. The first-order valence-electron chi connectivity index (χ1n) is 8.49. The van der Waals surface area contributed by atoms with Crippen molar-refractivity contribution < 1.29 is 18.7 Å². The molecule has 1 aliphatic rings. The van der Waals surface area contributed by atoms with Crippen LogP contribution in [0.2, 0.25) is 0 Å². The summed E-state index contributed by atoms with van der Waals surface area (Å²) in [5.74, 6) is -0.280. The molecule has 3 rings (SSSR count). The number of halogens is 1. The first kappa shape index (κ1) is 19.8. The molecule has 0 aliphatic carbocycles. The van der Waals surface area contributed by atoms with Gasteiger partial charge in [0.2, 0.25) is 5.91 Å². The fourth-order valence-corrected chi connectivity index (χ4v) is 4.49. The molecule has 0 bridgehead atoms. The molecule has 2 amide bonds. The summed E-state index contributed by atoms with van der Waals surface area (Å²) in [7, 11) is 0. The normalized spacial score (nSPS) is 15.3. The number of benzene rings is 1. The molecule has 0 N–H and O–H groups in total. The number of carbonyl (C=O) groups excluding carboxylic acids is 2. The van der Waals surface area contributed by atoms with E-state index in [2.05, 4.69) is 11.6 Å². The van der Waals surface area contributed by atoms with Gasteiger partial charge in [-0.05, 0) is 18.2 Å². The third-order valence-electron chi connectivity index (χ3n) is 3.99. The van der Waals surface area contributed by atoms with Crippen LogP contribution in [-0.2, 0) is 20.9 Å². The number of allylic oxidation sites excluding steroid dienone is 1. The second-order valence-corrected chi connectivity index (χ2v) is 7.88. The van der Waals surface area contributed by atoms with Crippen molar-refractivity contribution in [2.45, 2.75) is 6.54 Å². The Morgan fingerprint density at radius 3 is 2.85 bits per heavy atom. The largest absolute Gasteiger partial charge is 0.378 e. The maximum absolute atomic E-state index is 13.5. The molecule has 1 aliphatic heterocycles. The van der Waals surface area contributed by atoms with Crippen molar-refractivity contribution in [2.24, 2.45) is 4.99 Å². The first-order valence-corrected chi connectivity index (χ1v) is 10.5. The van der Waals surface area contributed by atoms with Gasteiger partial charge in [-0.3, -0.25) is 9.59 Å². The van der Waals surface area contributed by atoms with Gasteiger partial charge in [0.25, 0.3) is 5.91 Å². The minimum absolute atomic E-state index is 0.00941. The Labute approximate surface area is 164 Å². The van der Waals surface area contributed by atoms with Gasteiger partial charge in [0.05, 0.1) is 34.9 Å². The highest BCUT2D eigenvalue weighted by Crippen LogP contribution is 2.18. The molecule has 0 atom stereocenters. The van der Waals surface area contributed by atoms with Gasteiger partial charge in [0.1, 0.15) is 5.82 Å². The quantitative estimate of drug-likeness (QED) is 0.685. The standard InChI is InChI=1S/C18H20FN3O3S2/c1-2-5-22-14-4-3-13(19)10-15(14)27-18(22)20-16(23)11-26-12-17(24)21-6-8-25-9-7-21/h2-4,10H,1,5-9,11-12H2. The number of carbonyl (C=O) groups is 2. The molecule has 6 nitrogen and oxygen atoms in total. The van der Waals surface area contributed by atoms with E-state index in [1.165, 1.54) is 35.2 Å². The van der Waals surface area contributed by atoms with Gasteiger partial charge >= 0.3 is 0 Å². The molecule has 1 saturated heterocycles. The molecule has 0 saturated carbocycles. The first-order chi connectivity index (χ1) is 13.1. The summed E-state index contributed by atoms with van der Waals surface area (Å²) in [6.45, 7) is 6.50. The average molecular weight is 410 g/mol. The Hall–Kier alpha value is -1.97. The molecule has 9 heteroatoms. The van der Waals surface area contributed by atoms with Crippen LogP contribution in [0.15, 0.2) is 35.8 Å². The van der Waals surface area contributed by atoms with E-state index in [0.29, 0.717) is 37.6 Å². The number of morpholine rings is 1. The highest BCUT2D eigenvalue weighted by molar-refractivity contribution is 8.00. The van der Waals surface area contributed by atoms with Gasteiger partial charge < -0.3 is 14.2 Å². The SMILES string of the molecule is C=CCn1c(=NC(=O)CSCC(=O)N2CCOCC2)sc2cc(F)ccc21. The van der Waals surface area contributed by atoms with Crippen molar-refractivity contribution in [3.8, 4) is 0 Å². The van der Waals surface area contributed by atoms with E-state index < -0.39 is 0 Å². The van der Waals surface area contributed by atoms with Crippen molar-refractivity contribution >= 4 is 45.1 Å². The number of aromatic nitrogens is 1. The second kappa shape index (κ2) is 9.29. The lowest BCUT2D eigenvalue weighted by molar-refractivity contribution is -0.132. The Morgan fingerprint density at radius 2 is 2.11 bits per heavy atom. The summed E-state index contributed by atoms with van der Waals surface area (Å²) < 4.78 is 21.2. The van der Waals surface area contributed by atoms with Crippen molar-refractivity contribution in [3.63, 3.8) is 0 Å². The average Bonchev–Trinajstić information content (AvgIpc) is 2.98. The van der Waals surface area contributed by atoms with Gasteiger partial charge in [0, 0.05) is 19.6 Å². The third-order valence-corrected chi connectivity index (χ3v) is 5.93. The van der Waals surface area contributed by atoms with E-state index in [-0.39, 0.29) is 29.1 Å². The minimum Gasteiger partial charge on any atom is -0.378 e. The lowest BCUT2D eigenvalue weighted by Gasteiger charge is -2.26. The summed E-state index contributed by atoms with van der Waals surface area (Å²) in [4.78, 5) is 30.7. The number of thiazole rings is 1. The molecular weight excluding hydrogens is 389 g/mol. The molecule has 0 unspecified atom stereocenters. The Morgan fingerprint density at radius 1 is 1.33 bits per heavy atom. The van der Waals surface area contributed by atoms with Gasteiger partial charge in [-0.25, -0.2) is 4.39 Å². The summed E-state index contributed by atoms with van der Waals surface area (Å²) in [6.07, 6.45) is 1.70. The zero-order valence-electron chi connectivity index (χ0n) is 14.7. The van der Waals surface area contributed by atoms with Crippen molar-refractivity contribution in [1.29, 1.82) is 0 Å². The molecule has 1 aromatic heterocycles. The molecule has 1 fully saturated rings. The maximum Gasteiger partial charge on any atom is 0.258 e. The van der Waals surface area contributed by atoms with Crippen LogP contribution in [-0.4, -0.2) is 59.1 Å². The smallest absolute Gasteiger partial charge is 0.258 e. The molecular formula is C18H20FN3O3S2. The van der Waals surface area contributed by atoms with Crippen LogP contribution in [0.5, 0.6) is 0 Å². The fraction of sp³-hybridized carbons (Fsp3) is 0.389. The topological polar surface area (TPSA) is 63.9 Å². The van der Waals surface area contributed by atoms with E-state index in [1.807, 2.05) is 4.57 Å². The highest BCUT2D eigenvalue weighted by Gasteiger charge is 2.17. The number of thioether (sulfide) groups is 1. The van der Waals surface area contributed by atoms with E-state index in [4.69, 9.17) is 4.74 Å². The van der Waals surface area contributed by atoms with E-state index in [1.54, 1.807) is 17.0 Å². The van der Waals surface area contributed by atoms with Crippen LogP contribution in [0.3, 0.4) is 0 Å². The number of ether oxygens (including phenoxy) is 1. The highest BCUT2D eigenvalue weighted by atomic mass is 32.2.